The van der Waals surface area contributed by atoms with Crippen molar-refractivity contribution >= 4 is 18.0 Å². The molecule has 7 nitrogen and oxygen atoms in total. The number of carbonyl (C=O) groups excluding carboxylic acids is 3. The molecule has 2 rings (SSSR count). The molecule has 1 heterocycles. The van der Waals surface area contributed by atoms with Crippen LogP contribution in [0.25, 0.3) is 0 Å². The standard InChI is InChI=1S/C19H26N2O5/c1-19(2,3)26-18(25)21-12-14-8-5-4-7-13(14)11-15(21)17(24)20-10-6-9-16(22)23/h4-5,7-8,15H,6,9-12H2,1-3H3,(H,20,24)(H,22,23)/p-1/t15-/m0/s1. The van der Waals surface area contributed by atoms with Gasteiger partial charge in [0.05, 0.1) is 6.54 Å². The van der Waals surface area contributed by atoms with Gasteiger partial charge in [-0.05, 0) is 44.7 Å². The molecule has 7 heteroatoms. The minimum absolute atomic E-state index is 0.121. The Bertz CT molecular complexity index is 681. The van der Waals surface area contributed by atoms with E-state index in [0.29, 0.717) is 13.0 Å². The Balaban J connectivity index is 2.12. The fraction of sp³-hybridized carbons (Fsp3) is 0.526. The molecule has 2 amide bonds. The van der Waals surface area contributed by atoms with E-state index in [1.54, 1.807) is 20.8 Å². The van der Waals surface area contributed by atoms with E-state index in [1.165, 1.54) is 4.90 Å². The number of nitrogens with zero attached hydrogens (tertiary/aromatic N) is 1. The summed E-state index contributed by atoms with van der Waals surface area (Å²) >= 11 is 0. The van der Waals surface area contributed by atoms with E-state index in [9.17, 15) is 19.5 Å². The van der Waals surface area contributed by atoms with Gasteiger partial charge in [-0.2, -0.15) is 0 Å². The second-order valence-electron chi connectivity index (χ2n) is 7.36. The van der Waals surface area contributed by atoms with E-state index in [4.69, 9.17) is 4.74 Å². The molecule has 1 aliphatic rings. The highest BCUT2D eigenvalue weighted by atomic mass is 16.6. The molecule has 1 aliphatic heterocycles. The molecule has 0 bridgehead atoms. The van der Waals surface area contributed by atoms with Crippen LogP contribution in [0.4, 0.5) is 4.79 Å². The van der Waals surface area contributed by atoms with Crippen LogP contribution in [0.5, 0.6) is 0 Å². The number of ether oxygens (including phenoxy) is 1. The molecule has 0 unspecified atom stereocenters. The van der Waals surface area contributed by atoms with Gasteiger partial charge in [0.25, 0.3) is 0 Å². The van der Waals surface area contributed by atoms with Gasteiger partial charge in [0.15, 0.2) is 0 Å². The fourth-order valence-corrected chi connectivity index (χ4v) is 2.83. The zero-order chi connectivity index (χ0) is 19.3. The summed E-state index contributed by atoms with van der Waals surface area (Å²) in [6.45, 7) is 5.84. The zero-order valence-electron chi connectivity index (χ0n) is 15.4. The highest BCUT2D eigenvalue weighted by Crippen LogP contribution is 2.25. The van der Waals surface area contributed by atoms with Crippen molar-refractivity contribution in [1.82, 2.24) is 10.2 Å². The molecule has 0 saturated heterocycles. The molecular weight excluding hydrogens is 336 g/mol. The van der Waals surface area contributed by atoms with Crippen molar-refractivity contribution in [3.8, 4) is 0 Å². The SMILES string of the molecule is CC(C)(C)OC(=O)N1Cc2ccccc2C[C@H]1C(=O)NCCCC(=O)[O-]. The molecule has 0 fully saturated rings. The molecule has 1 N–H and O–H groups in total. The lowest BCUT2D eigenvalue weighted by atomic mass is 9.94. The van der Waals surface area contributed by atoms with E-state index in [0.717, 1.165) is 11.1 Å². The number of nitrogens with one attached hydrogen (secondary N) is 1. The number of rotatable bonds is 5. The summed E-state index contributed by atoms with van der Waals surface area (Å²) in [6, 6.07) is 6.98. The van der Waals surface area contributed by atoms with Crippen LogP contribution in [-0.4, -0.2) is 41.1 Å². The monoisotopic (exact) mass is 361 g/mol. The summed E-state index contributed by atoms with van der Waals surface area (Å²) in [4.78, 5) is 37.1. The fourth-order valence-electron chi connectivity index (χ4n) is 2.83. The van der Waals surface area contributed by atoms with Crippen LogP contribution in [0.1, 0.15) is 44.7 Å². The van der Waals surface area contributed by atoms with Crippen molar-refractivity contribution in [2.75, 3.05) is 6.54 Å². The third-order valence-electron chi connectivity index (χ3n) is 4.04. The topological polar surface area (TPSA) is 98.8 Å². The quantitative estimate of drug-likeness (QED) is 0.789. The summed E-state index contributed by atoms with van der Waals surface area (Å²) in [7, 11) is 0. The lowest BCUT2D eigenvalue weighted by Gasteiger charge is -2.36. The number of aliphatic carboxylic acids is 1. The predicted molar refractivity (Wildman–Crippen MR) is 93.0 cm³/mol. The Morgan fingerprint density at radius 2 is 1.88 bits per heavy atom. The molecule has 1 aromatic rings. The number of carboxylic acids is 1. The van der Waals surface area contributed by atoms with Crippen molar-refractivity contribution < 1.29 is 24.2 Å². The van der Waals surface area contributed by atoms with Crippen LogP contribution in [0.2, 0.25) is 0 Å². The van der Waals surface area contributed by atoms with Gasteiger partial charge in [0, 0.05) is 18.9 Å². The van der Waals surface area contributed by atoms with Gasteiger partial charge in [-0.15, -0.1) is 0 Å². The Morgan fingerprint density at radius 3 is 2.50 bits per heavy atom. The van der Waals surface area contributed by atoms with Gasteiger partial charge >= 0.3 is 6.09 Å². The molecule has 142 valence electrons. The minimum atomic E-state index is -1.15. The van der Waals surface area contributed by atoms with Crippen molar-refractivity contribution in [3.05, 3.63) is 35.4 Å². The van der Waals surface area contributed by atoms with Crippen LogP contribution in [0.15, 0.2) is 24.3 Å². The zero-order valence-corrected chi connectivity index (χ0v) is 15.4. The largest absolute Gasteiger partial charge is 0.550 e. The Kier molecular flexibility index (Phi) is 6.23. The number of benzene rings is 1. The Morgan fingerprint density at radius 1 is 1.23 bits per heavy atom. The van der Waals surface area contributed by atoms with Crippen LogP contribution in [0, 0.1) is 0 Å². The molecule has 0 saturated carbocycles. The summed E-state index contributed by atoms with van der Waals surface area (Å²) in [5.74, 6) is -1.47. The average molecular weight is 361 g/mol. The first kappa shape index (κ1) is 19.8. The molecule has 1 atom stereocenters. The summed E-state index contributed by atoms with van der Waals surface area (Å²) in [5, 5.41) is 13.2. The van der Waals surface area contributed by atoms with E-state index in [2.05, 4.69) is 5.32 Å². The number of amides is 2. The first-order valence-corrected chi connectivity index (χ1v) is 8.71. The molecule has 0 radical (unpaired) electrons. The smallest absolute Gasteiger partial charge is 0.411 e. The van der Waals surface area contributed by atoms with Gasteiger partial charge in [0.2, 0.25) is 5.91 Å². The van der Waals surface area contributed by atoms with E-state index in [1.807, 2.05) is 24.3 Å². The second kappa shape index (κ2) is 8.21. The normalized spacial score (nSPS) is 16.6. The molecule has 26 heavy (non-hydrogen) atoms. The van der Waals surface area contributed by atoms with E-state index < -0.39 is 23.7 Å². The van der Waals surface area contributed by atoms with Crippen molar-refractivity contribution in [1.29, 1.82) is 0 Å². The maximum Gasteiger partial charge on any atom is 0.411 e. The van der Waals surface area contributed by atoms with Crippen LogP contribution < -0.4 is 10.4 Å². The van der Waals surface area contributed by atoms with Gasteiger partial charge in [-0.3, -0.25) is 9.69 Å². The van der Waals surface area contributed by atoms with Gasteiger partial charge < -0.3 is 20.0 Å². The maximum atomic E-state index is 12.6. The predicted octanol–water partition coefficient (Wildman–Crippen LogP) is 0.995. The lowest BCUT2D eigenvalue weighted by Crippen LogP contribution is -2.53. The Labute approximate surface area is 153 Å². The third-order valence-corrected chi connectivity index (χ3v) is 4.04. The highest BCUT2D eigenvalue weighted by molar-refractivity contribution is 5.86. The maximum absolute atomic E-state index is 12.6. The highest BCUT2D eigenvalue weighted by Gasteiger charge is 2.36. The second-order valence-corrected chi connectivity index (χ2v) is 7.36. The first-order valence-electron chi connectivity index (χ1n) is 8.71. The minimum Gasteiger partial charge on any atom is -0.550 e. The number of fused-ring (bicyclic) bond motifs is 1. The van der Waals surface area contributed by atoms with Crippen LogP contribution >= 0.6 is 0 Å². The Hall–Kier alpha value is -2.57. The third kappa shape index (κ3) is 5.47. The number of hydrogen-bond donors (Lipinski definition) is 1. The van der Waals surface area contributed by atoms with Crippen molar-refractivity contribution in [3.63, 3.8) is 0 Å². The molecular formula is C19H25N2O5-. The van der Waals surface area contributed by atoms with Crippen LogP contribution in [0.3, 0.4) is 0 Å². The summed E-state index contributed by atoms with van der Waals surface area (Å²) < 4.78 is 5.45. The molecule has 0 aromatic heterocycles. The number of hydrogen-bond acceptors (Lipinski definition) is 5. The lowest BCUT2D eigenvalue weighted by molar-refractivity contribution is -0.305. The van der Waals surface area contributed by atoms with Gasteiger partial charge in [-0.25, -0.2) is 4.79 Å². The average Bonchev–Trinajstić information content (AvgIpc) is 2.55. The summed E-state index contributed by atoms with van der Waals surface area (Å²) in [6.07, 6.45) is 0.0108. The van der Waals surface area contributed by atoms with E-state index >= 15 is 0 Å². The van der Waals surface area contributed by atoms with Gasteiger partial charge in [0.1, 0.15) is 11.6 Å². The van der Waals surface area contributed by atoms with E-state index in [-0.39, 0.29) is 25.3 Å². The van der Waals surface area contributed by atoms with Gasteiger partial charge in [-0.1, -0.05) is 24.3 Å². The number of carbonyl (C=O) groups is 3. The summed E-state index contributed by atoms with van der Waals surface area (Å²) in [5.41, 5.74) is 1.34. The molecule has 0 spiro atoms. The van der Waals surface area contributed by atoms with Crippen molar-refractivity contribution in [2.24, 2.45) is 0 Å². The molecule has 1 aromatic carbocycles. The molecule has 0 aliphatic carbocycles. The van der Waals surface area contributed by atoms with Crippen LogP contribution in [-0.2, 0) is 27.3 Å². The first-order chi connectivity index (χ1) is 12.2. The van der Waals surface area contributed by atoms with Crippen molar-refractivity contribution in [2.45, 2.75) is 58.2 Å². The number of carboxylic acid groups (broad SMARTS) is 1.